The van der Waals surface area contributed by atoms with E-state index in [0.29, 0.717) is 42.7 Å². The summed E-state index contributed by atoms with van der Waals surface area (Å²) < 4.78 is 16.1. The lowest BCUT2D eigenvalue weighted by atomic mass is 10.2. The Balaban J connectivity index is 1.97. The van der Waals surface area contributed by atoms with Crippen LogP contribution in [0.3, 0.4) is 0 Å². The van der Waals surface area contributed by atoms with E-state index in [9.17, 15) is 4.79 Å². The SMILES string of the molecule is CCCOCCOc1cc2c(cc1N)OCC(=O)N2. The molecule has 1 aliphatic rings. The summed E-state index contributed by atoms with van der Waals surface area (Å²) in [6.45, 7) is 3.69. The highest BCUT2D eigenvalue weighted by Crippen LogP contribution is 2.36. The first-order valence-corrected chi connectivity index (χ1v) is 6.27. The number of hydrogen-bond acceptors (Lipinski definition) is 5. The van der Waals surface area contributed by atoms with Gasteiger partial charge >= 0.3 is 0 Å². The number of fused-ring (bicyclic) bond motifs is 1. The van der Waals surface area contributed by atoms with Gasteiger partial charge in [0.2, 0.25) is 0 Å². The summed E-state index contributed by atoms with van der Waals surface area (Å²) in [7, 11) is 0. The summed E-state index contributed by atoms with van der Waals surface area (Å²) in [6.07, 6.45) is 0.977. The van der Waals surface area contributed by atoms with Crippen LogP contribution >= 0.6 is 0 Å². The molecule has 0 aliphatic carbocycles. The van der Waals surface area contributed by atoms with Crippen LogP contribution in [0.4, 0.5) is 11.4 Å². The molecule has 6 nitrogen and oxygen atoms in total. The fourth-order valence-electron chi connectivity index (χ4n) is 1.70. The average molecular weight is 266 g/mol. The summed E-state index contributed by atoms with van der Waals surface area (Å²) in [6, 6.07) is 3.32. The quantitative estimate of drug-likeness (QED) is 0.601. The number of anilines is 2. The lowest BCUT2D eigenvalue weighted by Gasteiger charge is -2.20. The van der Waals surface area contributed by atoms with E-state index in [1.54, 1.807) is 12.1 Å². The van der Waals surface area contributed by atoms with Gasteiger partial charge < -0.3 is 25.3 Å². The monoisotopic (exact) mass is 266 g/mol. The third-order valence-electron chi connectivity index (χ3n) is 2.58. The van der Waals surface area contributed by atoms with Gasteiger partial charge in [0.1, 0.15) is 18.1 Å². The smallest absolute Gasteiger partial charge is 0.262 e. The molecule has 0 aromatic heterocycles. The fraction of sp³-hybridized carbons (Fsp3) is 0.462. The molecule has 0 unspecified atom stereocenters. The second kappa shape index (κ2) is 6.29. The van der Waals surface area contributed by atoms with Crippen molar-refractivity contribution in [3.63, 3.8) is 0 Å². The molecule has 0 fully saturated rings. The summed E-state index contributed by atoms with van der Waals surface area (Å²) in [5.41, 5.74) is 6.92. The van der Waals surface area contributed by atoms with Gasteiger partial charge in [0.15, 0.2) is 6.61 Å². The Hall–Kier alpha value is -1.95. The second-order valence-electron chi connectivity index (χ2n) is 4.18. The number of ether oxygens (including phenoxy) is 3. The van der Waals surface area contributed by atoms with Crippen molar-refractivity contribution in [1.82, 2.24) is 0 Å². The van der Waals surface area contributed by atoms with Crippen LogP contribution in [0.25, 0.3) is 0 Å². The van der Waals surface area contributed by atoms with E-state index in [1.165, 1.54) is 0 Å². The number of amides is 1. The average Bonchev–Trinajstić information content (AvgIpc) is 2.39. The Bertz CT molecular complexity index is 462. The van der Waals surface area contributed by atoms with Crippen molar-refractivity contribution in [2.45, 2.75) is 13.3 Å². The fourth-order valence-corrected chi connectivity index (χ4v) is 1.70. The van der Waals surface area contributed by atoms with Gasteiger partial charge in [0, 0.05) is 18.7 Å². The van der Waals surface area contributed by atoms with E-state index < -0.39 is 0 Å². The highest BCUT2D eigenvalue weighted by molar-refractivity contribution is 5.96. The minimum absolute atomic E-state index is 0.0114. The Morgan fingerprint density at radius 2 is 2.21 bits per heavy atom. The maximum Gasteiger partial charge on any atom is 0.262 e. The van der Waals surface area contributed by atoms with Gasteiger partial charge in [-0.15, -0.1) is 0 Å². The Morgan fingerprint density at radius 1 is 1.37 bits per heavy atom. The van der Waals surface area contributed by atoms with Crippen molar-refractivity contribution >= 4 is 17.3 Å². The van der Waals surface area contributed by atoms with E-state index in [-0.39, 0.29) is 12.5 Å². The van der Waals surface area contributed by atoms with Gasteiger partial charge in [0.25, 0.3) is 5.91 Å². The number of nitrogen functional groups attached to an aromatic ring is 1. The number of nitrogens with two attached hydrogens (primary N) is 1. The first-order valence-electron chi connectivity index (χ1n) is 6.27. The molecule has 104 valence electrons. The largest absolute Gasteiger partial charge is 0.489 e. The van der Waals surface area contributed by atoms with Crippen molar-refractivity contribution in [2.75, 3.05) is 37.5 Å². The molecular weight excluding hydrogens is 248 g/mol. The molecule has 0 saturated carbocycles. The van der Waals surface area contributed by atoms with Crippen molar-refractivity contribution < 1.29 is 19.0 Å². The number of hydrogen-bond donors (Lipinski definition) is 2. The van der Waals surface area contributed by atoms with Gasteiger partial charge in [-0.05, 0) is 6.42 Å². The summed E-state index contributed by atoms with van der Waals surface area (Å²) >= 11 is 0. The highest BCUT2D eigenvalue weighted by Gasteiger charge is 2.18. The predicted molar refractivity (Wildman–Crippen MR) is 71.6 cm³/mol. The lowest BCUT2D eigenvalue weighted by molar-refractivity contribution is -0.118. The third-order valence-corrected chi connectivity index (χ3v) is 2.58. The molecule has 1 aromatic carbocycles. The van der Waals surface area contributed by atoms with Gasteiger partial charge in [-0.25, -0.2) is 0 Å². The molecule has 0 saturated heterocycles. The predicted octanol–water partition coefficient (Wildman–Crippen LogP) is 1.41. The van der Waals surface area contributed by atoms with Gasteiger partial charge in [-0.3, -0.25) is 4.79 Å². The zero-order valence-corrected chi connectivity index (χ0v) is 10.9. The van der Waals surface area contributed by atoms with E-state index in [2.05, 4.69) is 5.32 Å². The van der Waals surface area contributed by atoms with Crippen LogP contribution in [0.1, 0.15) is 13.3 Å². The third kappa shape index (κ3) is 3.51. The first-order chi connectivity index (χ1) is 9.20. The van der Waals surface area contributed by atoms with Gasteiger partial charge in [0.05, 0.1) is 18.0 Å². The van der Waals surface area contributed by atoms with Crippen LogP contribution in [0.2, 0.25) is 0 Å². The number of benzene rings is 1. The summed E-state index contributed by atoms with van der Waals surface area (Å²) in [5.74, 6) is 0.894. The molecule has 1 aliphatic heterocycles. The Kier molecular flexibility index (Phi) is 4.46. The molecule has 1 heterocycles. The molecule has 19 heavy (non-hydrogen) atoms. The normalized spacial score (nSPS) is 13.4. The molecule has 6 heteroatoms. The van der Waals surface area contributed by atoms with E-state index in [0.717, 1.165) is 6.42 Å². The molecule has 0 radical (unpaired) electrons. The first kappa shape index (κ1) is 13.5. The van der Waals surface area contributed by atoms with E-state index in [4.69, 9.17) is 19.9 Å². The van der Waals surface area contributed by atoms with Crippen LogP contribution in [0, 0.1) is 0 Å². The van der Waals surface area contributed by atoms with Crippen LogP contribution in [0.5, 0.6) is 11.5 Å². The number of rotatable bonds is 6. The summed E-state index contributed by atoms with van der Waals surface area (Å²) in [4.78, 5) is 11.2. The van der Waals surface area contributed by atoms with Crippen molar-refractivity contribution in [3.8, 4) is 11.5 Å². The van der Waals surface area contributed by atoms with Crippen LogP contribution in [-0.4, -0.2) is 32.3 Å². The lowest BCUT2D eigenvalue weighted by Crippen LogP contribution is -2.25. The molecule has 1 aromatic rings. The minimum atomic E-state index is -0.186. The van der Waals surface area contributed by atoms with Gasteiger partial charge in [-0.2, -0.15) is 0 Å². The molecule has 3 N–H and O–H groups in total. The number of carbonyl (C=O) groups is 1. The number of nitrogens with one attached hydrogen (secondary N) is 1. The standard InChI is InChI=1S/C13H18N2O4/c1-2-3-17-4-5-18-11-7-10-12(6-9(11)14)19-8-13(16)15-10/h6-7H,2-5,8,14H2,1H3,(H,15,16). The molecule has 1 amide bonds. The zero-order valence-electron chi connectivity index (χ0n) is 10.9. The topological polar surface area (TPSA) is 82.8 Å². The highest BCUT2D eigenvalue weighted by atomic mass is 16.5. The maximum atomic E-state index is 11.2. The summed E-state index contributed by atoms with van der Waals surface area (Å²) in [5, 5.41) is 2.71. The molecule has 0 spiro atoms. The van der Waals surface area contributed by atoms with Gasteiger partial charge in [-0.1, -0.05) is 6.92 Å². The van der Waals surface area contributed by atoms with Crippen LogP contribution in [-0.2, 0) is 9.53 Å². The zero-order chi connectivity index (χ0) is 13.7. The molecule has 2 rings (SSSR count). The van der Waals surface area contributed by atoms with Crippen LogP contribution in [0.15, 0.2) is 12.1 Å². The van der Waals surface area contributed by atoms with E-state index in [1.807, 2.05) is 6.92 Å². The number of carbonyl (C=O) groups excluding carboxylic acids is 1. The van der Waals surface area contributed by atoms with Crippen molar-refractivity contribution in [1.29, 1.82) is 0 Å². The molecule has 0 atom stereocenters. The maximum absolute atomic E-state index is 11.2. The van der Waals surface area contributed by atoms with E-state index >= 15 is 0 Å². The Labute approximate surface area is 111 Å². The molecular formula is C13H18N2O4. The second-order valence-corrected chi connectivity index (χ2v) is 4.18. The Morgan fingerprint density at radius 3 is 3.00 bits per heavy atom. The van der Waals surface area contributed by atoms with Crippen molar-refractivity contribution in [3.05, 3.63) is 12.1 Å². The minimum Gasteiger partial charge on any atom is -0.489 e. The molecule has 0 bridgehead atoms. The van der Waals surface area contributed by atoms with Crippen LogP contribution < -0.4 is 20.5 Å². The van der Waals surface area contributed by atoms with Crippen molar-refractivity contribution in [2.24, 2.45) is 0 Å².